The molecule has 7 amide bonds. The maximum Gasteiger partial charge on any atom is 0.472 e. The molecule has 0 saturated heterocycles. The number of nitrogens with zero attached hydrogens (tertiary/aromatic N) is 1. The fourth-order valence-corrected chi connectivity index (χ4v) is 14.5. The standard InChI is InChI=1S/C71H83N7O16P2/c1-4-5-18-48-29-31-52(32-30-48)71(86)78(43-50-21-10-7-11-22-50)67-58-28-17-15-26-55(58)40-63(67)94-96(89,90)92-45-61(77-65(82)42-75-47(3)80)70(85)73-36-35-72-69(84)60(76-64(81)41-74-46(2)79)44-91-95(87,88)93-62-39-54-25-14-16-27-57(54)66(62)59(37-49-19-8-6-9-20-49)68(83)56-34-33-51-23-12-13-24-53(51)38-56/h6-11,14-17,19-22,25-34,38,59-63,66-67H,4-5,12-13,18,23-24,35-37,39-45H2,1-3H3,(H,72,84)(H,73,85)(H,74,79)(H,75,80)(H,76,81)(H,77,82)(H,87,88)(H,89,90). The molecular formula is C71H83N7O16P2. The summed E-state index contributed by atoms with van der Waals surface area (Å²) in [6.45, 7) is 0.634. The van der Waals surface area contributed by atoms with Crippen molar-refractivity contribution in [1.29, 1.82) is 0 Å². The average molecular weight is 1350 g/mol. The van der Waals surface area contributed by atoms with Crippen LogP contribution in [0.3, 0.4) is 0 Å². The highest BCUT2D eigenvalue weighted by Gasteiger charge is 2.47. The van der Waals surface area contributed by atoms with Gasteiger partial charge in [-0.05, 0) is 113 Å². The Morgan fingerprint density at radius 2 is 1.05 bits per heavy atom. The quantitative estimate of drug-likeness (QED) is 0.0113. The molecule has 0 fully saturated rings. The Hall–Kier alpha value is -8.50. The molecule has 96 heavy (non-hydrogen) atoms. The smallest absolute Gasteiger partial charge is 0.352 e. The maximum absolute atomic E-state index is 15.0. The van der Waals surface area contributed by atoms with Crippen molar-refractivity contribution >= 4 is 62.8 Å². The Bertz CT molecular complexity index is 3840. The number of Topliss-reactive ketones (excluding diaryl/α,β-unsaturated/α-hetero) is 1. The number of phosphoric ester groups is 2. The number of hydrogen-bond donors (Lipinski definition) is 8. The van der Waals surface area contributed by atoms with Gasteiger partial charge in [-0.25, -0.2) is 9.13 Å². The SMILES string of the molecule is CCCCc1ccc(C(=O)N(Cc2ccccc2)C2c3ccccc3CC2OP(=O)(O)OCC(NC(=O)CNC(C)=O)C(=O)NCCNC(=O)C(COP(=O)(O)OC2Cc3ccccc3C2C(Cc2ccccc2)C(=O)c2ccc3c(c2)CCCC3)NC(=O)CNC(C)=O)cc1. The number of hydrogen-bond acceptors (Lipinski definition) is 14. The molecule has 0 spiro atoms. The van der Waals surface area contributed by atoms with Crippen LogP contribution in [0.15, 0.2) is 152 Å². The van der Waals surface area contributed by atoms with Crippen molar-refractivity contribution < 1.29 is 75.4 Å². The molecule has 9 rings (SSSR count). The highest BCUT2D eigenvalue weighted by molar-refractivity contribution is 7.47. The first-order chi connectivity index (χ1) is 46.1. The van der Waals surface area contributed by atoms with Crippen molar-refractivity contribution in [2.45, 2.75) is 128 Å². The number of rotatable bonds is 33. The number of unbranched alkanes of at least 4 members (excludes halogenated alkanes) is 1. The second-order valence-electron chi connectivity index (χ2n) is 24.3. The monoisotopic (exact) mass is 1350 g/mol. The lowest BCUT2D eigenvalue weighted by molar-refractivity contribution is -0.131. The van der Waals surface area contributed by atoms with E-state index in [4.69, 9.17) is 18.1 Å². The molecule has 0 heterocycles. The Morgan fingerprint density at radius 1 is 0.552 bits per heavy atom. The predicted molar refractivity (Wildman–Crippen MR) is 357 cm³/mol. The van der Waals surface area contributed by atoms with Gasteiger partial charge in [-0.2, -0.15) is 0 Å². The van der Waals surface area contributed by atoms with Gasteiger partial charge in [0, 0.05) is 69.3 Å². The highest BCUT2D eigenvalue weighted by atomic mass is 31.2. The molecule has 8 N–H and O–H groups in total. The molecule has 9 atom stereocenters. The van der Waals surface area contributed by atoms with E-state index in [9.17, 15) is 57.3 Å². The minimum absolute atomic E-state index is 0.0806. The van der Waals surface area contributed by atoms with Crippen molar-refractivity contribution in [1.82, 2.24) is 36.8 Å². The summed E-state index contributed by atoms with van der Waals surface area (Å²) in [6.07, 6.45) is 4.89. The fourth-order valence-electron chi connectivity index (χ4n) is 12.6. The first-order valence-electron chi connectivity index (χ1n) is 32.4. The zero-order chi connectivity index (χ0) is 68.4. The van der Waals surface area contributed by atoms with E-state index >= 15 is 0 Å². The number of phosphoric acid groups is 2. The number of ketones is 1. The van der Waals surface area contributed by atoms with Crippen molar-refractivity contribution in [2.24, 2.45) is 5.92 Å². The lowest BCUT2D eigenvalue weighted by Gasteiger charge is -2.34. The van der Waals surface area contributed by atoms with E-state index < -0.39 is 133 Å². The number of benzene rings is 6. The minimum Gasteiger partial charge on any atom is -0.352 e. The molecule has 0 saturated carbocycles. The Kier molecular flexibility index (Phi) is 25.4. The van der Waals surface area contributed by atoms with Gasteiger partial charge in [-0.1, -0.05) is 147 Å². The third-order valence-electron chi connectivity index (χ3n) is 17.3. The van der Waals surface area contributed by atoms with Gasteiger partial charge in [0.1, 0.15) is 12.1 Å². The van der Waals surface area contributed by atoms with Crippen LogP contribution in [0.25, 0.3) is 0 Å². The predicted octanol–water partition coefficient (Wildman–Crippen LogP) is 7.41. The first kappa shape index (κ1) is 71.8. The maximum atomic E-state index is 15.0. The number of aryl methyl sites for hydroxylation is 3. The normalized spacial score (nSPS) is 18.3. The first-order valence-corrected chi connectivity index (χ1v) is 35.4. The summed E-state index contributed by atoms with van der Waals surface area (Å²) >= 11 is 0. The molecule has 3 aliphatic rings. The summed E-state index contributed by atoms with van der Waals surface area (Å²) in [4.78, 5) is 132. The summed E-state index contributed by atoms with van der Waals surface area (Å²) in [5.41, 5.74) is 8.91. The van der Waals surface area contributed by atoms with Crippen LogP contribution in [-0.4, -0.2) is 126 Å². The van der Waals surface area contributed by atoms with Crippen LogP contribution in [0.4, 0.5) is 0 Å². The summed E-state index contributed by atoms with van der Waals surface area (Å²) in [5.74, 6) is -6.94. The number of nitrogens with one attached hydrogen (secondary N) is 6. The van der Waals surface area contributed by atoms with Crippen LogP contribution >= 0.6 is 15.6 Å². The van der Waals surface area contributed by atoms with Gasteiger partial charge in [0.05, 0.1) is 44.6 Å². The van der Waals surface area contributed by atoms with Crippen molar-refractivity contribution in [3.05, 3.63) is 213 Å². The number of amides is 7. The molecule has 6 aromatic carbocycles. The van der Waals surface area contributed by atoms with Crippen LogP contribution in [0.5, 0.6) is 0 Å². The average Bonchev–Trinajstić information content (AvgIpc) is 1.52. The van der Waals surface area contributed by atoms with Gasteiger partial charge in [0.25, 0.3) is 5.91 Å². The van der Waals surface area contributed by atoms with Crippen LogP contribution in [-0.2, 0) is 101 Å². The van der Waals surface area contributed by atoms with E-state index in [-0.39, 0.29) is 37.5 Å². The second-order valence-corrected chi connectivity index (χ2v) is 27.1. The lowest BCUT2D eigenvalue weighted by Crippen LogP contribution is -2.54. The van der Waals surface area contributed by atoms with E-state index in [1.165, 1.54) is 12.5 Å². The van der Waals surface area contributed by atoms with Crippen molar-refractivity contribution in [3.8, 4) is 0 Å². The highest BCUT2D eigenvalue weighted by Crippen LogP contribution is 2.53. The molecule has 508 valence electrons. The largest absolute Gasteiger partial charge is 0.472 e. The third-order valence-corrected chi connectivity index (χ3v) is 19.3. The second kappa shape index (κ2) is 33.9. The van der Waals surface area contributed by atoms with Gasteiger partial charge < -0.3 is 46.6 Å². The molecule has 6 aromatic rings. The molecule has 9 unspecified atom stereocenters. The Labute approximate surface area is 558 Å². The van der Waals surface area contributed by atoms with Gasteiger partial charge in [0.15, 0.2) is 5.78 Å². The molecule has 0 bridgehead atoms. The number of carbonyl (C=O) groups excluding carboxylic acids is 8. The summed E-state index contributed by atoms with van der Waals surface area (Å²) in [7, 11) is -10.4. The Balaban J connectivity index is 0.865. The lowest BCUT2D eigenvalue weighted by atomic mass is 9.77. The summed E-state index contributed by atoms with van der Waals surface area (Å²) in [5, 5.41) is 14.4. The van der Waals surface area contributed by atoms with Gasteiger partial charge in [0.2, 0.25) is 35.4 Å². The topological polar surface area (TPSA) is 323 Å². The molecule has 0 aliphatic heterocycles. The molecule has 0 aromatic heterocycles. The van der Waals surface area contributed by atoms with Gasteiger partial charge in [-0.15, -0.1) is 0 Å². The zero-order valence-corrected chi connectivity index (χ0v) is 55.7. The van der Waals surface area contributed by atoms with Crippen LogP contribution in [0.2, 0.25) is 0 Å². The fraction of sp³-hybridized carbons (Fsp3) is 0.380. The molecular weight excluding hydrogens is 1270 g/mol. The van der Waals surface area contributed by atoms with Crippen molar-refractivity contribution in [3.63, 3.8) is 0 Å². The van der Waals surface area contributed by atoms with E-state index in [1.54, 1.807) is 29.2 Å². The molecule has 23 nitrogen and oxygen atoms in total. The molecule has 0 radical (unpaired) electrons. The Morgan fingerprint density at radius 3 is 1.62 bits per heavy atom. The van der Waals surface area contributed by atoms with E-state index in [1.807, 2.05) is 127 Å². The van der Waals surface area contributed by atoms with Crippen LogP contribution < -0.4 is 31.9 Å². The van der Waals surface area contributed by atoms with E-state index in [2.05, 4.69) is 38.8 Å². The van der Waals surface area contributed by atoms with E-state index in [0.717, 1.165) is 90.8 Å². The zero-order valence-electron chi connectivity index (χ0n) is 53.9. The van der Waals surface area contributed by atoms with Crippen molar-refractivity contribution in [2.75, 3.05) is 39.4 Å². The van der Waals surface area contributed by atoms with Gasteiger partial charge in [-0.3, -0.25) is 56.5 Å². The third kappa shape index (κ3) is 20.0. The number of carbonyl (C=O) groups is 8. The summed E-state index contributed by atoms with van der Waals surface area (Å²) in [6, 6.07) is 42.1. The van der Waals surface area contributed by atoms with E-state index in [0.29, 0.717) is 16.7 Å². The minimum atomic E-state index is -5.20. The summed E-state index contributed by atoms with van der Waals surface area (Å²) < 4.78 is 51.4. The molecule has 25 heteroatoms. The van der Waals surface area contributed by atoms with Crippen LogP contribution in [0, 0.1) is 5.92 Å². The van der Waals surface area contributed by atoms with Crippen LogP contribution in [0.1, 0.15) is 129 Å². The molecule has 3 aliphatic carbocycles. The van der Waals surface area contributed by atoms with Gasteiger partial charge >= 0.3 is 15.6 Å². The number of fused-ring (bicyclic) bond motifs is 3.